The van der Waals surface area contributed by atoms with Crippen LogP contribution >= 0.6 is 0 Å². The predicted molar refractivity (Wildman–Crippen MR) is 112 cm³/mol. The minimum atomic E-state index is -0.0596. The van der Waals surface area contributed by atoms with Crippen molar-refractivity contribution in [3.05, 3.63) is 0 Å². The number of carbonyl (C=O) groups is 2. The molecule has 0 aromatic carbocycles. The molecule has 6 nitrogen and oxygen atoms in total. The molecule has 0 saturated carbocycles. The van der Waals surface area contributed by atoms with Gasteiger partial charge in [-0.15, -0.1) is 0 Å². The van der Waals surface area contributed by atoms with Crippen LogP contribution in [0.15, 0.2) is 0 Å². The van der Waals surface area contributed by atoms with E-state index in [4.69, 9.17) is 9.84 Å². The highest BCUT2D eigenvalue weighted by molar-refractivity contribution is 5.79. The van der Waals surface area contributed by atoms with Crippen LogP contribution in [0.5, 0.6) is 0 Å². The second-order valence-electron chi connectivity index (χ2n) is 6.88. The van der Waals surface area contributed by atoms with E-state index in [-0.39, 0.29) is 29.9 Å². The summed E-state index contributed by atoms with van der Waals surface area (Å²) in [5.41, 5.74) is 0. The van der Waals surface area contributed by atoms with Crippen molar-refractivity contribution in [3.63, 3.8) is 0 Å². The quantitative estimate of drug-likeness (QED) is 0.636. The zero-order valence-corrected chi connectivity index (χ0v) is 18.9. The molecule has 162 valence electrons. The maximum atomic E-state index is 12.7. The minimum Gasteiger partial charge on any atom is -0.400 e. The van der Waals surface area contributed by atoms with Gasteiger partial charge in [-0.1, -0.05) is 41.0 Å². The first-order valence-electron chi connectivity index (χ1n) is 10.4. The fourth-order valence-corrected chi connectivity index (χ4v) is 3.62. The Morgan fingerprint density at radius 2 is 1.85 bits per heavy atom. The molecule has 6 heteroatoms. The number of rotatable bonds is 9. The number of likely N-dealkylation sites (tertiary alicyclic amines) is 1. The minimum absolute atomic E-state index is 0.0138. The Labute approximate surface area is 167 Å². The first-order valence-corrected chi connectivity index (χ1v) is 10.4. The van der Waals surface area contributed by atoms with E-state index in [0.717, 1.165) is 45.8 Å². The van der Waals surface area contributed by atoms with Gasteiger partial charge < -0.3 is 20.1 Å². The fraction of sp³-hybridized carbons (Fsp3) is 0.905. The summed E-state index contributed by atoms with van der Waals surface area (Å²) >= 11 is 0. The highest BCUT2D eigenvalue weighted by atomic mass is 16.5. The summed E-state index contributed by atoms with van der Waals surface area (Å²) in [7, 11) is 4.36. The second-order valence-corrected chi connectivity index (χ2v) is 6.88. The van der Waals surface area contributed by atoms with Gasteiger partial charge >= 0.3 is 0 Å². The SMILES string of the molecule is CC.CCCC(C)C(CC(=O)N1CCCC1CC(C)C(=O)NC)OC.CO. The fourth-order valence-electron chi connectivity index (χ4n) is 3.62. The van der Waals surface area contributed by atoms with E-state index in [1.54, 1.807) is 14.2 Å². The van der Waals surface area contributed by atoms with Crippen LogP contribution in [-0.2, 0) is 14.3 Å². The van der Waals surface area contributed by atoms with Gasteiger partial charge in [0.05, 0.1) is 12.5 Å². The maximum Gasteiger partial charge on any atom is 0.225 e. The van der Waals surface area contributed by atoms with Crippen LogP contribution in [0.3, 0.4) is 0 Å². The Balaban J connectivity index is 0. The second kappa shape index (κ2) is 17.0. The number of aliphatic hydroxyl groups is 1. The molecule has 0 aromatic heterocycles. The maximum absolute atomic E-state index is 12.7. The third-order valence-corrected chi connectivity index (χ3v) is 5.07. The molecule has 4 unspecified atom stereocenters. The van der Waals surface area contributed by atoms with Crippen LogP contribution in [0.1, 0.15) is 73.1 Å². The molecule has 0 aromatic rings. The molecule has 2 amide bonds. The number of methoxy groups -OCH3 is 1. The highest BCUT2D eigenvalue weighted by Gasteiger charge is 2.32. The Morgan fingerprint density at radius 1 is 1.26 bits per heavy atom. The number of aliphatic hydroxyl groups excluding tert-OH is 1. The number of hydrogen-bond donors (Lipinski definition) is 2. The van der Waals surface area contributed by atoms with E-state index in [1.165, 1.54) is 0 Å². The average molecular weight is 389 g/mol. The van der Waals surface area contributed by atoms with Gasteiger partial charge in [0.25, 0.3) is 0 Å². The Bertz CT molecular complexity index is 390. The van der Waals surface area contributed by atoms with Gasteiger partial charge in [0, 0.05) is 39.8 Å². The van der Waals surface area contributed by atoms with Crippen LogP contribution in [0.2, 0.25) is 0 Å². The summed E-state index contributed by atoms with van der Waals surface area (Å²) in [5, 5.41) is 9.69. The third kappa shape index (κ3) is 10.1. The first kappa shape index (κ1) is 28.1. The lowest BCUT2D eigenvalue weighted by Gasteiger charge is -2.29. The van der Waals surface area contributed by atoms with Crippen LogP contribution in [0, 0.1) is 11.8 Å². The molecule has 1 aliphatic heterocycles. The Kier molecular flexibility index (Phi) is 17.7. The highest BCUT2D eigenvalue weighted by Crippen LogP contribution is 2.26. The molecule has 0 spiro atoms. The van der Waals surface area contributed by atoms with Crippen molar-refractivity contribution in [2.24, 2.45) is 11.8 Å². The van der Waals surface area contributed by atoms with E-state index < -0.39 is 0 Å². The lowest BCUT2D eigenvalue weighted by Crippen LogP contribution is -2.40. The number of nitrogens with zero attached hydrogens (tertiary/aromatic N) is 1. The normalized spacial score (nSPS) is 19.0. The van der Waals surface area contributed by atoms with Crippen molar-refractivity contribution < 1.29 is 19.4 Å². The van der Waals surface area contributed by atoms with E-state index >= 15 is 0 Å². The van der Waals surface area contributed by atoms with Crippen molar-refractivity contribution in [2.45, 2.75) is 85.3 Å². The number of nitrogens with one attached hydrogen (secondary N) is 1. The predicted octanol–water partition coefficient (Wildman–Crippen LogP) is 3.23. The van der Waals surface area contributed by atoms with Crippen molar-refractivity contribution in [2.75, 3.05) is 27.8 Å². The summed E-state index contributed by atoms with van der Waals surface area (Å²) in [5.74, 6) is 0.553. The molecule has 1 saturated heterocycles. The molecule has 0 aliphatic carbocycles. The molecule has 0 radical (unpaired) electrons. The standard InChI is InChI=1S/C18H34N2O3.C2H6.CH4O/c1-6-8-13(2)16(23-5)12-17(21)20-10-7-9-15(20)11-14(3)18(22)19-4;2*1-2/h13-16H,6-12H2,1-5H3,(H,19,22);1-2H3;2H,1H3. The Hall–Kier alpha value is -1.14. The van der Waals surface area contributed by atoms with Crippen LogP contribution in [-0.4, -0.2) is 61.8 Å². The number of ether oxygens (including phenoxy) is 1. The van der Waals surface area contributed by atoms with Crippen LogP contribution in [0.4, 0.5) is 0 Å². The molecular weight excluding hydrogens is 344 g/mol. The molecule has 0 bridgehead atoms. The van der Waals surface area contributed by atoms with E-state index in [1.807, 2.05) is 25.7 Å². The van der Waals surface area contributed by atoms with Crippen molar-refractivity contribution >= 4 is 11.8 Å². The molecule has 1 heterocycles. The summed E-state index contributed by atoms with van der Waals surface area (Å²) in [6.45, 7) is 11.0. The van der Waals surface area contributed by atoms with Gasteiger partial charge in [-0.25, -0.2) is 0 Å². The molecule has 4 atom stereocenters. The zero-order chi connectivity index (χ0) is 21.4. The largest absolute Gasteiger partial charge is 0.400 e. The van der Waals surface area contributed by atoms with E-state index in [0.29, 0.717) is 12.3 Å². The van der Waals surface area contributed by atoms with Gasteiger partial charge in [-0.2, -0.15) is 0 Å². The lowest BCUT2D eigenvalue weighted by molar-refractivity contribution is -0.136. The monoisotopic (exact) mass is 388 g/mol. The lowest BCUT2D eigenvalue weighted by atomic mass is 9.95. The third-order valence-electron chi connectivity index (χ3n) is 5.07. The summed E-state index contributed by atoms with van der Waals surface area (Å²) in [6, 6.07) is 0.189. The van der Waals surface area contributed by atoms with Gasteiger partial charge in [0.2, 0.25) is 11.8 Å². The molecule has 2 N–H and O–H groups in total. The molecule has 1 rings (SSSR count). The number of hydrogen-bond acceptors (Lipinski definition) is 4. The Morgan fingerprint density at radius 3 is 2.33 bits per heavy atom. The van der Waals surface area contributed by atoms with E-state index in [9.17, 15) is 9.59 Å². The molecular formula is C21H44N2O4. The van der Waals surface area contributed by atoms with Gasteiger partial charge in [0.15, 0.2) is 0 Å². The summed E-state index contributed by atoms with van der Waals surface area (Å²) < 4.78 is 5.56. The first-order chi connectivity index (χ1) is 12.9. The van der Waals surface area contributed by atoms with Crippen molar-refractivity contribution in [1.82, 2.24) is 10.2 Å². The topological polar surface area (TPSA) is 78.9 Å². The van der Waals surface area contributed by atoms with Gasteiger partial charge in [0.1, 0.15) is 0 Å². The summed E-state index contributed by atoms with van der Waals surface area (Å²) in [4.78, 5) is 26.4. The van der Waals surface area contributed by atoms with Gasteiger partial charge in [-0.05, 0) is 31.6 Å². The number of amides is 2. The van der Waals surface area contributed by atoms with Crippen molar-refractivity contribution in [3.8, 4) is 0 Å². The summed E-state index contributed by atoms with van der Waals surface area (Å²) in [6.07, 6.45) is 5.37. The van der Waals surface area contributed by atoms with Crippen molar-refractivity contribution in [1.29, 1.82) is 0 Å². The van der Waals surface area contributed by atoms with Crippen LogP contribution < -0.4 is 5.32 Å². The van der Waals surface area contributed by atoms with Gasteiger partial charge in [-0.3, -0.25) is 9.59 Å². The van der Waals surface area contributed by atoms with Crippen LogP contribution in [0.25, 0.3) is 0 Å². The average Bonchev–Trinajstić information content (AvgIpc) is 3.16. The molecule has 1 fully saturated rings. The number of carbonyl (C=O) groups excluding carboxylic acids is 2. The smallest absolute Gasteiger partial charge is 0.225 e. The van der Waals surface area contributed by atoms with E-state index in [2.05, 4.69) is 19.2 Å². The molecule has 27 heavy (non-hydrogen) atoms. The zero-order valence-electron chi connectivity index (χ0n) is 18.9. The molecule has 1 aliphatic rings.